The number of nitrogens with zero attached hydrogens (tertiary/aromatic N) is 3. The molecule has 1 fully saturated rings. The predicted molar refractivity (Wildman–Crippen MR) is 105 cm³/mol. The van der Waals surface area contributed by atoms with Crippen molar-refractivity contribution in [3.05, 3.63) is 42.2 Å². The van der Waals surface area contributed by atoms with Gasteiger partial charge in [-0.3, -0.25) is 9.69 Å². The Morgan fingerprint density at radius 2 is 2.04 bits per heavy atom. The van der Waals surface area contributed by atoms with Gasteiger partial charge in [0.05, 0.1) is 11.7 Å². The van der Waals surface area contributed by atoms with Crippen LogP contribution in [0.2, 0.25) is 0 Å². The Balaban J connectivity index is 1.80. The maximum atomic E-state index is 12.5. The molecule has 1 atom stereocenters. The summed E-state index contributed by atoms with van der Waals surface area (Å²) in [4.78, 5) is 19.0. The Kier molecular flexibility index (Phi) is 5.39. The molecule has 0 radical (unpaired) electrons. The van der Waals surface area contributed by atoms with E-state index in [9.17, 15) is 4.79 Å². The molecule has 138 valence electrons. The SMILES string of the molecule is CC(C(=O)Nc1cc2cc(/C(N)=C/N(C)N)ccc2cn1)N1CCCC1. The van der Waals surface area contributed by atoms with E-state index < -0.39 is 0 Å². The molecule has 7 nitrogen and oxygen atoms in total. The van der Waals surface area contributed by atoms with Gasteiger partial charge in [-0.15, -0.1) is 0 Å². The number of aromatic nitrogens is 1. The lowest BCUT2D eigenvalue weighted by Crippen LogP contribution is -2.40. The molecule has 1 saturated heterocycles. The summed E-state index contributed by atoms with van der Waals surface area (Å²) in [6.45, 7) is 3.89. The number of rotatable bonds is 5. The van der Waals surface area contributed by atoms with E-state index in [0.717, 1.165) is 42.3 Å². The van der Waals surface area contributed by atoms with Crippen molar-refractivity contribution in [2.75, 3.05) is 25.5 Å². The first-order valence-electron chi connectivity index (χ1n) is 8.84. The van der Waals surface area contributed by atoms with Crippen molar-refractivity contribution in [1.82, 2.24) is 14.9 Å². The number of likely N-dealkylation sites (tertiary alicyclic amines) is 1. The molecule has 0 saturated carbocycles. The fourth-order valence-electron chi connectivity index (χ4n) is 3.21. The summed E-state index contributed by atoms with van der Waals surface area (Å²) < 4.78 is 0. The van der Waals surface area contributed by atoms with Crippen LogP contribution in [0.25, 0.3) is 16.5 Å². The van der Waals surface area contributed by atoms with Gasteiger partial charge >= 0.3 is 0 Å². The second-order valence-electron chi connectivity index (χ2n) is 6.79. The van der Waals surface area contributed by atoms with Gasteiger partial charge in [-0.05, 0) is 55.9 Å². The van der Waals surface area contributed by atoms with Gasteiger partial charge in [0, 0.05) is 24.8 Å². The highest BCUT2D eigenvalue weighted by atomic mass is 16.2. The first kappa shape index (κ1) is 18.2. The molecule has 1 aromatic heterocycles. The maximum Gasteiger partial charge on any atom is 0.242 e. The first-order chi connectivity index (χ1) is 12.4. The smallest absolute Gasteiger partial charge is 0.242 e. The standard InChI is InChI=1S/C19H26N6O/c1-13(25-7-3-4-8-25)19(26)23-18-10-16-9-14(17(20)12-24(2)21)5-6-15(16)11-22-18/h5-6,9-13H,3-4,7-8,20-21H2,1-2H3,(H,22,23,26)/b17-12-. The zero-order valence-electron chi connectivity index (χ0n) is 15.3. The van der Waals surface area contributed by atoms with Crippen LogP contribution in [0.1, 0.15) is 25.3 Å². The summed E-state index contributed by atoms with van der Waals surface area (Å²) in [7, 11) is 1.72. The van der Waals surface area contributed by atoms with Crippen molar-refractivity contribution in [2.24, 2.45) is 11.6 Å². The summed E-state index contributed by atoms with van der Waals surface area (Å²) in [6.07, 6.45) is 5.72. The van der Waals surface area contributed by atoms with Crippen LogP contribution in [0.5, 0.6) is 0 Å². The number of benzene rings is 1. The molecule has 3 rings (SSSR count). The van der Waals surface area contributed by atoms with Crippen LogP contribution in [-0.4, -0.2) is 47.0 Å². The Labute approximate surface area is 153 Å². The van der Waals surface area contributed by atoms with Crippen LogP contribution in [0, 0.1) is 0 Å². The Morgan fingerprint density at radius 1 is 1.31 bits per heavy atom. The van der Waals surface area contributed by atoms with E-state index in [1.54, 1.807) is 19.4 Å². The molecule has 2 heterocycles. The van der Waals surface area contributed by atoms with Crippen molar-refractivity contribution in [1.29, 1.82) is 0 Å². The van der Waals surface area contributed by atoms with Gasteiger partial charge in [-0.25, -0.2) is 10.8 Å². The highest BCUT2D eigenvalue weighted by Gasteiger charge is 2.24. The largest absolute Gasteiger partial charge is 0.397 e. The van der Waals surface area contributed by atoms with Crippen LogP contribution in [-0.2, 0) is 4.79 Å². The van der Waals surface area contributed by atoms with E-state index in [1.807, 2.05) is 31.2 Å². The van der Waals surface area contributed by atoms with Crippen LogP contribution < -0.4 is 16.9 Å². The minimum absolute atomic E-state index is 0.0286. The highest BCUT2D eigenvalue weighted by Crippen LogP contribution is 2.21. The lowest BCUT2D eigenvalue weighted by molar-refractivity contribution is -0.120. The number of nitrogens with one attached hydrogen (secondary N) is 1. The molecule has 1 aromatic carbocycles. The predicted octanol–water partition coefficient (Wildman–Crippen LogP) is 1.72. The maximum absolute atomic E-state index is 12.5. The lowest BCUT2D eigenvalue weighted by Gasteiger charge is -2.22. The van der Waals surface area contributed by atoms with E-state index in [-0.39, 0.29) is 11.9 Å². The molecule has 1 unspecified atom stereocenters. The van der Waals surface area contributed by atoms with Crippen LogP contribution >= 0.6 is 0 Å². The van der Waals surface area contributed by atoms with Crippen molar-refractivity contribution < 1.29 is 4.79 Å². The number of fused-ring (bicyclic) bond motifs is 1. The van der Waals surface area contributed by atoms with Gasteiger partial charge in [0.1, 0.15) is 5.82 Å². The van der Waals surface area contributed by atoms with Crippen molar-refractivity contribution >= 4 is 28.2 Å². The second-order valence-corrected chi connectivity index (χ2v) is 6.79. The molecule has 1 amide bonds. The van der Waals surface area contributed by atoms with Gasteiger partial charge in [0.15, 0.2) is 0 Å². The third-order valence-corrected chi connectivity index (χ3v) is 4.72. The Morgan fingerprint density at radius 3 is 2.73 bits per heavy atom. The molecule has 1 aliphatic heterocycles. The van der Waals surface area contributed by atoms with Crippen LogP contribution in [0.15, 0.2) is 36.7 Å². The minimum Gasteiger partial charge on any atom is -0.397 e. The van der Waals surface area contributed by atoms with Gasteiger partial charge in [0.2, 0.25) is 5.91 Å². The fraction of sp³-hybridized carbons (Fsp3) is 0.368. The van der Waals surface area contributed by atoms with Crippen molar-refractivity contribution in [2.45, 2.75) is 25.8 Å². The molecular formula is C19H26N6O. The average molecular weight is 354 g/mol. The summed E-state index contributed by atoms with van der Waals surface area (Å²) in [5.41, 5.74) is 7.50. The zero-order chi connectivity index (χ0) is 18.7. The summed E-state index contributed by atoms with van der Waals surface area (Å²) >= 11 is 0. The number of amides is 1. The van der Waals surface area contributed by atoms with Gasteiger partial charge in [-0.1, -0.05) is 12.1 Å². The fourth-order valence-corrected chi connectivity index (χ4v) is 3.21. The lowest BCUT2D eigenvalue weighted by atomic mass is 10.1. The van der Waals surface area contributed by atoms with Crippen LogP contribution in [0.4, 0.5) is 5.82 Å². The molecule has 0 bridgehead atoms. The van der Waals surface area contributed by atoms with Crippen molar-refractivity contribution in [3.63, 3.8) is 0 Å². The minimum atomic E-state index is -0.153. The molecule has 5 N–H and O–H groups in total. The highest BCUT2D eigenvalue weighted by molar-refractivity contribution is 5.96. The summed E-state index contributed by atoms with van der Waals surface area (Å²) in [6, 6.07) is 7.55. The summed E-state index contributed by atoms with van der Waals surface area (Å²) in [5, 5.41) is 6.28. The van der Waals surface area contributed by atoms with Gasteiger partial charge in [0.25, 0.3) is 0 Å². The number of pyridine rings is 1. The van der Waals surface area contributed by atoms with Crippen LogP contribution in [0.3, 0.4) is 0 Å². The van der Waals surface area contributed by atoms with E-state index >= 15 is 0 Å². The molecule has 2 aromatic rings. The monoisotopic (exact) mass is 354 g/mol. The second kappa shape index (κ2) is 7.72. The molecule has 26 heavy (non-hydrogen) atoms. The normalized spacial score (nSPS) is 16.7. The van der Waals surface area contributed by atoms with E-state index in [0.29, 0.717) is 11.5 Å². The number of carbonyl (C=O) groups excluding carboxylic acids is 1. The van der Waals surface area contributed by atoms with E-state index in [4.69, 9.17) is 11.6 Å². The number of hydrazine groups is 1. The number of anilines is 1. The molecule has 0 aliphatic carbocycles. The third-order valence-electron chi connectivity index (χ3n) is 4.72. The Hall–Kier alpha value is -2.64. The van der Waals surface area contributed by atoms with Gasteiger partial charge < -0.3 is 16.1 Å². The molecule has 0 spiro atoms. The summed E-state index contributed by atoms with van der Waals surface area (Å²) in [5.74, 6) is 6.13. The molecule has 1 aliphatic rings. The quantitative estimate of drug-likeness (QED) is 0.558. The zero-order valence-corrected chi connectivity index (χ0v) is 15.3. The van der Waals surface area contributed by atoms with E-state index in [1.165, 1.54) is 5.01 Å². The van der Waals surface area contributed by atoms with E-state index in [2.05, 4.69) is 15.2 Å². The number of carbonyl (C=O) groups is 1. The topological polar surface area (TPSA) is 101 Å². The molecular weight excluding hydrogens is 328 g/mol. The number of hydrogen-bond donors (Lipinski definition) is 3. The third kappa shape index (κ3) is 4.12. The van der Waals surface area contributed by atoms with Gasteiger partial charge in [-0.2, -0.15) is 0 Å². The number of nitrogens with two attached hydrogens (primary N) is 2. The number of hydrogen-bond acceptors (Lipinski definition) is 6. The average Bonchev–Trinajstić information content (AvgIpc) is 3.14. The Bertz CT molecular complexity index is 826. The first-order valence-corrected chi connectivity index (χ1v) is 8.84. The van der Waals surface area contributed by atoms with Crippen molar-refractivity contribution in [3.8, 4) is 0 Å². The molecule has 7 heteroatoms.